The van der Waals surface area contributed by atoms with Crippen molar-refractivity contribution >= 4 is 17.5 Å². The van der Waals surface area contributed by atoms with E-state index in [1.807, 2.05) is 0 Å². The first-order valence-corrected chi connectivity index (χ1v) is 5.98. The highest BCUT2D eigenvalue weighted by molar-refractivity contribution is 6.15. The minimum Gasteiger partial charge on any atom is -0.326 e. The van der Waals surface area contributed by atoms with Crippen LogP contribution in [0, 0.1) is 5.82 Å². The molecule has 0 saturated carbocycles. The van der Waals surface area contributed by atoms with Crippen LogP contribution in [0.25, 0.3) is 0 Å². The zero-order valence-corrected chi connectivity index (χ0v) is 9.99. The minimum atomic E-state index is -0.486. The predicted octanol–water partition coefficient (Wildman–Crippen LogP) is 1.72. The largest absolute Gasteiger partial charge is 0.326 e. The van der Waals surface area contributed by atoms with Crippen molar-refractivity contribution in [1.82, 2.24) is 0 Å². The maximum absolute atomic E-state index is 13.6. The molecule has 1 saturated heterocycles. The number of carbonyl (C=O) groups is 2. The van der Waals surface area contributed by atoms with E-state index in [0.29, 0.717) is 25.7 Å². The summed E-state index contributed by atoms with van der Waals surface area (Å²) in [6, 6.07) is 4.32. The molecule has 1 fully saturated rings. The average molecular weight is 250 g/mol. The normalized spacial score (nSPS) is 16.9. The van der Waals surface area contributed by atoms with Crippen molar-refractivity contribution in [2.45, 2.75) is 32.2 Å². The van der Waals surface area contributed by atoms with E-state index in [1.54, 1.807) is 6.07 Å². The molecule has 0 radical (unpaired) electrons. The van der Waals surface area contributed by atoms with Crippen LogP contribution >= 0.6 is 0 Å². The van der Waals surface area contributed by atoms with Gasteiger partial charge in [-0.2, -0.15) is 0 Å². The number of amides is 2. The number of hydrogen-bond acceptors (Lipinski definition) is 3. The van der Waals surface area contributed by atoms with E-state index < -0.39 is 5.82 Å². The number of hydrogen-bond donors (Lipinski definition) is 1. The van der Waals surface area contributed by atoms with Crippen molar-refractivity contribution < 1.29 is 14.0 Å². The fourth-order valence-corrected chi connectivity index (χ4v) is 2.14. The first-order chi connectivity index (χ1) is 8.65. The van der Waals surface area contributed by atoms with Crippen LogP contribution in [-0.4, -0.2) is 11.8 Å². The quantitative estimate of drug-likeness (QED) is 0.813. The minimum absolute atomic E-state index is 0.0426. The summed E-state index contributed by atoms with van der Waals surface area (Å²) in [5.41, 5.74) is 5.99. The lowest BCUT2D eigenvalue weighted by Crippen LogP contribution is -2.36. The average Bonchev–Trinajstić information content (AvgIpc) is 2.50. The maximum atomic E-state index is 13.6. The molecular weight excluding hydrogens is 235 g/mol. The number of nitrogens with two attached hydrogens (primary N) is 1. The van der Waals surface area contributed by atoms with Crippen LogP contribution in [-0.2, 0) is 16.1 Å². The van der Waals surface area contributed by atoms with Crippen molar-refractivity contribution in [1.29, 1.82) is 0 Å². The fraction of sp³-hybridized carbons (Fsp3) is 0.385. The number of halogens is 1. The predicted molar refractivity (Wildman–Crippen MR) is 65.3 cm³/mol. The molecule has 1 aromatic carbocycles. The summed E-state index contributed by atoms with van der Waals surface area (Å²) < 4.78 is 13.6. The summed E-state index contributed by atoms with van der Waals surface area (Å²) in [6.45, 7) is -0.0426. The van der Waals surface area contributed by atoms with Crippen LogP contribution in [0.4, 0.5) is 10.1 Å². The number of anilines is 1. The molecule has 1 aromatic rings. The van der Waals surface area contributed by atoms with Gasteiger partial charge in [0.05, 0.1) is 5.69 Å². The van der Waals surface area contributed by atoms with Gasteiger partial charge in [0.25, 0.3) is 0 Å². The van der Waals surface area contributed by atoms with Gasteiger partial charge >= 0.3 is 0 Å². The zero-order chi connectivity index (χ0) is 13.1. The molecule has 5 heteroatoms. The van der Waals surface area contributed by atoms with Crippen LogP contribution in [0.3, 0.4) is 0 Å². The lowest BCUT2D eigenvalue weighted by molar-refractivity contribution is -0.125. The molecule has 18 heavy (non-hydrogen) atoms. The molecular formula is C13H15FN2O2. The lowest BCUT2D eigenvalue weighted by Gasteiger charge is -2.21. The van der Waals surface area contributed by atoms with E-state index in [9.17, 15) is 14.0 Å². The second kappa shape index (κ2) is 5.27. The first kappa shape index (κ1) is 12.7. The Morgan fingerprint density at radius 2 is 1.78 bits per heavy atom. The van der Waals surface area contributed by atoms with Crippen molar-refractivity contribution in [3.8, 4) is 0 Å². The summed E-state index contributed by atoms with van der Waals surface area (Å²) in [5, 5.41) is 0. The molecule has 2 N–H and O–H groups in total. The zero-order valence-electron chi connectivity index (χ0n) is 9.99. The van der Waals surface area contributed by atoms with Crippen LogP contribution in [0.5, 0.6) is 0 Å². The number of carbonyl (C=O) groups excluding carboxylic acids is 2. The third-order valence-corrected chi connectivity index (χ3v) is 3.07. The number of imide groups is 1. The van der Waals surface area contributed by atoms with Gasteiger partial charge in [-0.1, -0.05) is 6.07 Å². The van der Waals surface area contributed by atoms with Crippen molar-refractivity contribution in [3.05, 3.63) is 29.6 Å². The number of nitrogens with zero attached hydrogens (tertiary/aromatic N) is 1. The van der Waals surface area contributed by atoms with E-state index in [-0.39, 0.29) is 29.6 Å². The lowest BCUT2D eigenvalue weighted by atomic mass is 10.1. The Hall–Kier alpha value is -1.75. The molecule has 2 amide bonds. The van der Waals surface area contributed by atoms with Crippen molar-refractivity contribution in [2.24, 2.45) is 5.73 Å². The van der Waals surface area contributed by atoms with Gasteiger partial charge in [-0.3, -0.25) is 14.5 Å². The van der Waals surface area contributed by atoms with Crippen molar-refractivity contribution in [2.75, 3.05) is 4.90 Å². The first-order valence-electron chi connectivity index (χ1n) is 5.98. The van der Waals surface area contributed by atoms with Gasteiger partial charge in [0, 0.05) is 24.9 Å². The van der Waals surface area contributed by atoms with Gasteiger partial charge in [-0.05, 0) is 25.0 Å². The highest BCUT2D eigenvalue weighted by Crippen LogP contribution is 2.26. The second-order valence-corrected chi connectivity index (χ2v) is 4.27. The molecule has 1 aliphatic rings. The van der Waals surface area contributed by atoms with Gasteiger partial charge in [0.15, 0.2) is 0 Å². The molecule has 96 valence electrons. The van der Waals surface area contributed by atoms with Gasteiger partial charge < -0.3 is 5.73 Å². The van der Waals surface area contributed by atoms with Crippen LogP contribution in [0.15, 0.2) is 18.2 Å². The maximum Gasteiger partial charge on any atom is 0.233 e. The molecule has 2 rings (SSSR count). The third kappa shape index (κ3) is 2.26. The SMILES string of the molecule is NCc1c(F)cccc1N1C(=O)CCCCC1=O. The highest BCUT2D eigenvalue weighted by Gasteiger charge is 2.27. The van der Waals surface area contributed by atoms with Gasteiger partial charge in [-0.25, -0.2) is 4.39 Å². The third-order valence-electron chi connectivity index (χ3n) is 3.07. The Morgan fingerprint density at radius 3 is 2.33 bits per heavy atom. The van der Waals surface area contributed by atoms with E-state index >= 15 is 0 Å². The Kier molecular flexibility index (Phi) is 3.72. The Labute approximate surface area is 105 Å². The van der Waals surface area contributed by atoms with Gasteiger partial charge in [-0.15, -0.1) is 0 Å². The van der Waals surface area contributed by atoms with Gasteiger partial charge in [0.1, 0.15) is 5.82 Å². The summed E-state index contributed by atoms with van der Waals surface area (Å²) in [6.07, 6.45) is 2.00. The molecule has 1 heterocycles. The molecule has 0 bridgehead atoms. The number of benzene rings is 1. The monoisotopic (exact) mass is 250 g/mol. The summed E-state index contributed by atoms with van der Waals surface area (Å²) in [5.74, 6) is -1.05. The Morgan fingerprint density at radius 1 is 1.17 bits per heavy atom. The van der Waals surface area contributed by atoms with E-state index in [4.69, 9.17) is 5.73 Å². The summed E-state index contributed by atoms with van der Waals surface area (Å²) >= 11 is 0. The molecule has 0 spiro atoms. The molecule has 0 unspecified atom stereocenters. The Bertz CT molecular complexity index is 470. The Balaban J connectivity index is 2.48. The fourth-order valence-electron chi connectivity index (χ4n) is 2.14. The number of rotatable bonds is 2. The molecule has 0 atom stereocenters. The summed E-state index contributed by atoms with van der Waals surface area (Å²) in [4.78, 5) is 25.0. The second-order valence-electron chi connectivity index (χ2n) is 4.27. The standard InChI is InChI=1S/C13H15FN2O2/c14-10-4-3-5-11(9(10)8-15)16-12(17)6-1-2-7-13(16)18/h3-5H,1-2,6-8,15H2. The molecule has 0 aliphatic carbocycles. The highest BCUT2D eigenvalue weighted by atomic mass is 19.1. The van der Waals surface area contributed by atoms with Crippen LogP contribution in [0.1, 0.15) is 31.2 Å². The van der Waals surface area contributed by atoms with E-state index in [0.717, 1.165) is 4.90 Å². The van der Waals surface area contributed by atoms with Crippen LogP contribution < -0.4 is 10.6 Å². The molecule has 4 nitrogen and oxygen atoms in total. The molecule has 0 aromatic heterocycles. The summed E-state index contributed by atoms with van der Waals surface area (Å²) in [7, 11) is 0. The topological polar surface area (TPSA) is 63.4 Å². The van der Waals surface area contributed by atoms with E-state index in [1.165, 1.54) is 12.1 Å². The van der Waals surface area contributed by atoms with E-state index in [2.05, 4.69) is 0 Å². The smallest absolute Gasteiger partial charge is 0.233 e. The van der Waals surface area contributed by atoms with Gasteiger partial charge in [0.2, 0.25) is 11.8 Å². The van der Waals surface area contributed by atoms with Crippen molar-refractivity contribution in [3.63, 3.8) is 0 Å². The molecule has 1 aliphatic heterocycles. The van der Waals surface area contributed by atoms with Crippen LogP contribution in [0.2, 0.25) is 0 Å².